The van der Waals surface area contributed by atoms with Gasteiger partial charge in [-0.15, -0.1) is 0 Å². The lowest BCUT2D eigenvalue weighted by molar-refractivity contribution is 0.380. The number of rotatable bonds is 5. The van der Waals surface area contributed by atoms with Crippen LogP contribution < -0.4 is 5.32 Å². The van der Waals surface area contributed by atoms with E-state index in [1.54, 1.807) is 0 Å². The molecule has 1 radical (unpaired) electrons. The van der Waals surface area contributed by atoms with Crippen molar-refractivity contribution in [2.75, 3.05) is 0 Å². The van der Waals surface area contributed by atoms with Gasteiger partial charge in [0, 0.05) is 12.6 Å². The Hall–Kier alpha value is -0.0400. The second kappa shape index (κ2) is 5.72. The van der Waals surface area contributed by atoms with Crippen LogP contribution in [0.4, 0.5) is 0 Å². The van der Waals surface area contributed by atoms with Gasteiger partial charge < -0.3 is 5.32 Å². The van der Waals surface area contributed by atoms with Crippen LogP contribution >= 0.6 is 0 Å². The molecule has 2 unspecified atom stereocenters. The average molecular weight is 142 g/mol. The standard InChI is InChI=1S/C9H20N/c1-5-8(4)9(6-2)10-7-3/h7-10H,5-6H2,1-4H3. The van der Waals surface area contributed by atoms with Crippen LogP contribution in [-0.4, -0.2) is 6.04 Å². The Morgan fingerprint density at radius 3 is 2.20 bits per heavy atom. The van der Waals surface area contributed by atoms with Crippen molar-refractivity contribution in [1.82, 2.24) is 5.32 Å². The second-order valence-electron chi connectivity index (χ2n) is 2.86. The maximum Gasteiger partial charge on any atom is 0.0193 e. The largest absolute Gasteiger partial charge is 0.310 e. The van der Waals surface area contributed by atoms with E-state index in [-0.39, 0.29) is 0 Å². The SMILES string of the molecule is C[CH]NC(CC)C(C)CC. The van der Waals surface area contributed by atoms with Crippen molar-refractivity contribution in [3.05, 3.63) is 6.54 Å². The molecule has 0 spiro atoms. The van der Waals surface area contributed by atoms with Gasteiger partial charge in [0.2, 0.25) is 0 Å². The molecule has 10 heavy (non-hydrogen) atoms. The van der Waals surface area contributed by atoms with Crippen molar-refractivity contribution < 1.29 is 0 Å². The molecular formula is C9H20N. The quantitative estimate of drug-likeness (QED) is 0.622. The summed E-state index contributed by atoms with van der Waals surface area (Å²) in [5.41, 5.74) is 0. The molecule has 0 heterocycles. The fourth-order valence-electron chi connectivity index (χ4n) is 1.18. The lowest BCUT2D eigenvalue weighted by Gasteiger charge is -2.21. The van der Waals surface area contributed by atoms with E-state index < -0.39 is 0 Å². The smallest absolute Gasteiger partial charge is 0.0193 e. The van der Waals surface area contributed by atoms with Gasteiger partial charge in [-0.3, -0.25) is 0 Å². The van der Waals surface area contributed by atoms with E-state index in [2.05, 4.69) is 26.1 Å². The summed E-state index contributed by atoms with van der Waals surface area (Å²) in [6.45, 7) is 10.9. The first-order chi connectivity index (χ1) is 4.76. The summed E-state index contributed by atoms with van der Waals surface area (Å²) in [5, 5.41) is 3.36. The van der Waals surface area contributed by atoms with Crippen LogP contribution in [0.25, 0.3) is 0 Å². The predicted molar refractivity (Wildman–Crippen MR) is 46.6 cm³/mol. The van der Waals surface area contributed by atoms with Crippen LogP contribution in [-0.2, 0) is 0 Å². The maximum atomic E-state index is 3.36. The van der Waals surface area contributed by atoms with E-state index in [0.717, 1.165) is 5.92 Å². The van der Waals surface area contributed by atoms with Crippen LogP contribution in [0.3, 0.4) is 0 Å². The Balaban J connectivity index is 3.56. The summed E-state index contributed by atoms with van der Waals surface area (Å²) in [6.07, 6.45) is 2.48. The van der Waals surface area contributed by atoms with E-state index >= 15 is 0 Å². The molecular weight excluding hydrogens is 122 g/mol. The Morgan fingerprint density at radius 2 is 1.90 bits per heavy atom. The maximum absolute atomic E-state index is 3.36. The minimum atomic E-state index is 0.676. The highest BCUT2D eigenvalue weighted by molar-refractivity contribution is 4.73. The lowest BCUT2D eigenvalue weighted by Crippen LogP contribution is -2.31. The van der Waals surface area contributed by atoms with Crippen molar-refractivity contribution in [2.45, 2.75) is 46.6 Å². The molecule has 1 heteroatoms. The van der Waals surface area contributed by atoms with Crippen LogP contribution in [0.1, 0.15) is 40.5 Å². The van der Waals surface area contributed by atoms with Gasteiger partial charge in [0.05, 0.1) is 0 Å². The van der Waals surface area contributed by atoms with Gasteiger partial charge in [-0.25, -0.2) is 0 Å². The third kappa shape index (κ3) is 3.21. The molecule has 0 aliphatic rings. The number of hydrogen-bond acceptors (Lipinski definition) is 1. The van der Waals surface area contributed by atoms with Crippen molar-refractivity contribution >= 4 is 0 Å². The third-order valence-electron chi connectivity index (χ3n) is 2.15. The summed E-state index contributed by atoms with van der Waals surface area (Å²) < 4.78 is 0. The molecule has 0 saturated carbocycles. The zero-order valence-corrected chi connectivity index (χ0v) is 7.65. The zero-order chi connectivity index (χ0) is 7.98. The van der Waals surface area contributed by atoms with Gasteiger partial charge in [0.25, 0.3) is 0 Å². The molecule has 0 saturated heterocycles. The molecule has 2 atom stereocenters. The van der Waals surface area contributed by atoms with E-state index in [1.807, 2.05) is 13.5 Å². The average Bonchev–Trinajstić information content (AvgIpc) is 1.99. The molecule has 0 bridgehead atoms. The van der Waals surface area contributed by atoms with E-state index in [4.69, 9.17) is 0 Å². The van der Waals surface area contributed by atoms with Crippen molar-refractivity contribution in [1.29, 1.82) is 0 Å². The first-order valence-electron chi connectivity index (χ1n) is 4.30. The molecule has 0 amide bonds. The highest BCUT2D eigenvalue weighted by Crippen LogP contribution is 2.10. The normalized spacial score (nSPS) is 16.8. The topological polar surface area (TPSA) is 12.0 Å². The van der Waals surface area contributed by atoms with E-state index in [9.17, 15) is 0 Å². The first kappa shape index (κ1) is 9.96. The van der Waals surface area contributed by atoms with E-state index in [0.29, 0.717) is 6.04 Å². The van der Waals surface area contributed by atoms with Crippen molar-refractivity contribution in [2.24, 2.45) is 5.92 Å². The van der Waals surface area contributed by atoms with Gasteiger partial charge in [-0.1, -0.05) is 27.2 Å². The van der Waals surface area contributed by atoms with Crippen LogP contribution in [0.5, 0.6) is 0 Å². The molecule has 0 rings (SSSR count). The highest BCUT2D eigenvalue weighted by atomic mass is 14.9. The molecule has 1 N–H and O–H groups in total. The predicted octanol–water partition coefficient (Wildman–Crippen LogP) is 2.58. The minimum Gasteiger partial charge on any atom is -0.310 e. The second-order valence-corrected chi connectivity index (χ2v) is 2.86. The summed E-state index contributed by atoms with van der Waals surface area (Å²) >= 11 is 0. The molecule has 0 aromatic carbocycles. The summed E-state index contributed by atoms with van der Waals surface area (Å²) in [5.74, 6) is 0.793. The Labute approximate surface area is 65.2 Å². The number of hydrogen-bond donors (Lipinski definition) is 1. The molecule has 1 nitrogen and oxygen atoms in total. The van der Waals surface area contributed by atoms with Gasteiger partial charge in [0.1, 0.15) is 0 Å². The number of nitrogens with one attached hydrogen (secondary N) is 1. The molecule has 0 fully saturated rings. The molecule has 0 aliphatic heterocycles. The summed E-state index contributed by atoms with van der Waals surface area (Å²) in [7, 11) is 0. The van der Waals surface area contributed by atoms with Gasteiger partial charge in [-0.2, -0.15) is 0 Å². The van der Waals surface area contributed by atoms with E-state index in [1.165, 1.54) is 12.8 Å². The lowest BCUT2D eigenvalue weighted by atomic mass is 9.97. The monoisotopic (exact) mass is 142 g/mol. The fraction of sp³-hybridized carbons (Fsp3) is 0.889. The van der Waals surface area contributed by atoms with Crippen LogP contribution in [0, 0.1) is 12.5 Å². The van der Waals surface area contributed by atoms with Crippen LogP contribution in [0.15, 0.2) is 0 Å². The van der Waals surface area contributed by atoms with Crippen LogP contribution in [0.2, 0.25) is 0 Å². The third-order valence-corrected chi connectivity index (χ3v) is 2.15. The molecule has 0 aliphatic carbocycles. The minimum absolute atomic E-state index is 0.676. The summed E-state index contributed by atoms with van der Waals surface area (Å²) in [6, 6.07) is 0.676. The van der Waals surface area contributed by atoms with Crippen molar-refractivity contribution in [3.8, 4) is 0 Å². The van der Waals surface area contributed by atoms with Gasteiger partial charge >= 0.3 is 0 Å². The summed E-state index contributed by atoms with van der Waals surface area (Å²) in [4.78, 5) is 0. The van der Waals surface area contributed by atoms with Gasteiger partial charge in [0.15, 0.2) is 0 Å². The molecule has 0 aromatic heterocycles. The highest BCUT2D eigenvalue weighted by Gasteiger charge is 2.10. The zero-order valence-electron chi connectivity index (χ0n) is 7.65. The Bertz CT molecular complexity index is 71.1. The molecule has 0 aromatic rings. The van der Waals surface area contributed by atoms with Crippen molar-refractivity contribution in [3.63, 3.8) is 0 Å². The molecule has 61 valence electrons. The Morgan fingerprint density at radius 1 is 1.30 bits per heavy atom. The Kier molecular flexibility index (Phi) is 5.70. The first-order valence-corrected chi connectivity index (χ1v) is 4.30. The fourth-order valence-corrected chi connectivity index (χ4v) is 1.18. The van der Waals surface area contributed by atoms with Gasteiger partial charge in [-0.05, 0) is 19.3 Å².